The van der Waals surface area contributed by atoms with Crippen molar-refractivity contribution in [3.63, 3.8) is 0 Å². The molecule has 0 aliphatic carbocycles. The first-order valence-corrected chi connectivity index (χ1v) is 7.73. The second-order valence-corrected chi connectivity index (χ2v) is 5.89. The monoisotopic (exact) mass is 337 g/mol. The Labute approximate surface area is 142 Å². The number of rotatable bonds is 3. The molecule has 0 radical (unpaired) electrons. The lowest BCUT2D eigenvalue weighted by molar-refractivity contribution is -0.136. The average molecular weight is 338 g/mol. The molecule has 0 fully saturated rings. The van der Waals surface area contributed by atoms with Gasteiger partial charge in [-0.25, -0.2) is 4.52 Å². The molecule has 0 atom stereocenters. The Balaban J connectivity index is 1.97. The van der Waals surface area contributed by atoms with Crippen LogP contribution in [0.5, 0.6) is 0 Å². The third-order valence-corrected chi connectivity index (χ3v) is 4.27. The Bertz CT molecular complexity index is 1090. The number of carboxylic acids is 1. The van der Waals surface area contributed by atoms with Crippen LogP contribution in [0.3, 0.4) is 0 Å². The van der Waals surface area contributed by atoms with E-state index in [9.17, 15) is 4.79 Å². The van der Waals surface area contributed by atoms with Gasteiger partial charge in [-0.1, -0.05) is 23.7 Å². The molecule has 0 amide bonds. The number of pyridine rings is 2. The molecule has 1 N–H and O–H groups in total. The van der Waals surface area contributed by atoms with E-state index >= 15 is 0 Å². The maximum absolute atomic E-state index is 11.0. The van der Waals surface area contributed by atoms with Gasteiger partial charge in [0, 0.05) is 28.9 Å². The van der Waals surface area contributed by atoms with Gasteiger partial charge in [0.05, 0.1) is 28.7 Å². The van der Waals surface area contributed by atoms with Crippen LogP contribution >= 0.6 is 11.6 Å². The molecule has 0 aliphatic heterocycles. The lowest BCUT2D eigenvalue weighted by Gasteiger charge is -2.09. The number of hydrogen-bond donors (Lipinski definition) is 1. The molecule has 4 rings (SSSR count). The van der Waals surface area contributed by atoms with Crippen LogP contribution in [0.2, 0.25) is 5.02 Å². The highest BCUT2D eigenvalue weighted by Crippen LogP contribution is 2.34. The summed E-state index contributed by atoms with van der Waals surface area (Å²) in [5.74, 6) is -0.889. The molecule has 0 unspecified atom stereocenters. The predicted octanol–water partition coefficient (Wildman–Crippen LogP) is 3.83. The van der Waals surface area contributed by atoms with Gasteiger partial charge in [0.15, 0.2) is 0 Å². The quantitative estimate of drug-likeness (QED) is 0.617. The van der Waals surface area contributed by atoms with Crippen LogP contribution in [0.25, 0.3) is 27.5 Å². The van der Waals surface area contributed by atoms with Crippen LogP contribution < -0.4 is 0 Å². The zero-order valence-corrected chi connectivity index (χ0v) is 13.2. The molecule has 0 aliphatic rings. The van der Waals surface area contributed by atoms with Crippen LogP contribution in [0, 0.1) is 0 Å². The summed E-state index contributed by atoms with van der Waals surface area (Å²) in [7, 11) is 0. The van der Waals surface area contributed by atoms with E-state index in [-0.39, 0.29) is 6.42 Å². The molecule has 1 aromatic carbocycles. The fraction of sp³-hybridized carbons (Fsp3) is 0.0556. The molecule has 4 aromatic rings. The summed E-state index contributed by atoms with van der Waals surface area (Å²) in [4.78, 5) is 15.5. The first-order chi connectivity index (χ1) is 11.6. The van der Waals surface area contributed by atoms with E-state index in [4.69, 9.17) is 16.7 Å². The van der Waals surface area contributed by atoms with E-state index in [1.165, 1.54) is 0 Å². The highest BCUT2D eigenvalue weighted by molar-refractivity contribution is 6.35. The number of nitrogens with zero attached hydrogens (tertiary/aromatic N) is 3. The molecule has 0 spiro atoms. The number of fused-ring (bicyclic) bond motifs is 2. The molecule has 3 heterocycles. The number of benzene rings is 1. The number of aliphatic carboxylic acids is 1. The molecule has 6 heteroatoms. The van der Waals surface area contributed by atoms with E-state index in [2.05, 4.69) is 10.1 Å². The van der Waals surface area contributed by atoms with Gasteiger partial charge in [-0.15, -0.1) is 0 Å². The van der Waals surface area contributed by atoms with Gasteiger partial charge in [0.2, 0.25) is 0 Å². The zero-order chi connectivity index (χ0) is 16.7. The van der Waals surface area contributed by atoms with Gasteiger partial charge in [-0.3, -0.25) is 9.78 Å². The number of hydrogen-bond acceptors (Lipinski definition) is 3. The second kappa shape index (κ2) is 5.62. The minimum absolute atomic E-state index is 0.0749. The molecular formula is C18H12ClN3O2. The van der Waals surface area contributed by atoms with Crippen molar-refractivity contribution in [3.05, 3.63) is 65.6 Å². The van der Waals surface area contributed by atoms with Crippen LogP contribution in [-0.2, 0) is 11.2 Å². The second-order valence-electron chi connectivity index (χ2n) is 5.48. The largest absolute Gasteiger partial charge is 0.481 e. The van der Waals surface area contributed by atoms with E-state index in [0.717, 1.165) is 27.5 Å². The molecule has 3 aromatic heterocycles. The van der Waals surface area contributed by atoms with E-state index < -0.39 is 5.97 Å². The smallest absolute Gasteiger partial charge is 0.307 e. The van der Waals surface area contributed by atoms with Crippen molar-refractivity contribution in [1.29, 1.82) is 0 Å². The van der Waals surface area contributed by atoms with Crippen LogP contribution in [-0.4, -0.2) is 25.7 Å². The first-order valence-electron chi connectivity index (χ1n) is 7.35. The summed E-state index contributed by atoms with van der Waals surface area (Å²) in [6.07, 6.45) is 5.04. The highest BCUT2D eigenvalue weighted by Gasteiger charge is 2.13. The van der Waals surface area contributed by atoms with Gasteiger partial charge in [-0.05, 0) is 29.8 Å². The maximum atomic E-state index is 11.0. The molecule has 118 valence electrons. The SMILES string of the molecule is O=C(O)Cc1cnn2ccc(-c3c(Cl)ccc4cccnc34)cc12. The Morgan fingerprint density at radius 3 is 2.96 bits per heavy atom. The fourth-order valence-electron chi connectivity index (χ4n) is 2.88. The summed E-state index contributed by atoms with van der Waals surface area (Å²) in [6.45, 7) is 0. The third-order valence-electron chi connectivity index (χ3n) is 3.96. The van der Waals surface area contributed by atoms with Crippen molar-refractivity contribution in [2.45, 2.75) is 6.42 Å². The summed E-state index contributed by atoms with van der Waals surface area (Å²) in [6, 6.07) is 11.4. The zero-order valence-electron chi connectivity index (χ0n) is 12.5. The minimum atomic E-state index is -0.889. The lowest BCUT2D eigenvalue weighted by atomic mass is 10.0. The standard InChI is InChI=1S/C18H12ClN3O2/c19-14-4-3-11-2-1-6-20-18(11)17(14)12-5-7-22-15(8-12)13(10-21-22)9-16(23)24/h1-8,10H,9H2,(H,23,24). The Hall–Kier alpha value is -2.92. The summed E-state index contributed by atoms with van der Waals surface area (Å²) < 4.78 is 1.66. The van der Waals surface area contributed by atoms with Crippen molar-refractivity contribution in [1.82, 2.24) is 14.6 Å². The number of carbonyl (C=O) groups is 1. The average Bonchev–Trinajstić information content (AvgIpc) is 2.96. The third kappa shape index (κ3) is 2.39. The van der Waals surface area contributed by atoms with Crippen molar-refractivity contribution in [3.8, 4) is 11.1 Å². The normalized spacial score (nSPS) is 11.2. The summed E-state index contributed by atoms with van der Waals surface area (Å²) in [5, 5.41) is 14.8. The molecular weight excluding hydrogens is 326 g/mol. The van der Waals surface area contributed by atoms with E-state index in [0.29, 0.717) is 10.6 Å². The maximum Gasteiger partial charge on any atom is 0.307 e. The summed E-state index contributed by atoms with van der Waals surface area (Å²) in [5.41, 5.74) is 3.94. The number of carboxylic acid groups (broad SMARTS) is 1. The predicted molar refractivity (Wildman–Crippen MR) is 92.3 cm³/mol. The van der Waals surface area contributed by atoms with Gasteiger partial charge in [-0.2, -0.15) is 5.10 Å². The van der Waals surface area contributed by atoms with Crippen LogP contribution in [0.1, 0.15) is 5.56 Å². The highest BCUT2D eigenvalue weighted by atomic mass is 35.5. The molecule has 0 saturated heterocycles. The van der Waals surface area contributed by atoms with Crippen molar-refractivity contribution < 1.29 is 9.90 Å². The molecule has 5 nitrogen and oxygen atoms in total. The van der Waals surface area contributed by atoms with Crippen molar-refractivity contribution in [2.75, 3.05) is 0 Å². The van der Waals surface area contributed by atoms with E-state index in [1.807, 2.05) is 36.4 Å². The van der Waals surface area contributed by atoms with E-state index in [1.54, 1.807) is 23.1 Å². The van der Waals surface area contributed by atoms with Crippen LogP contribution in [0.4, 0.5) is 0 Å². The lowest BCUT2D eigenvalue weighted by Crippen LogP contribution is -1.99. The van der Waals surface area contributed by atoms with Crippen molar-refractivity contribution >= 4 is 34.0 Å². The minimum Gasteiger partial charge on any atom is -0.481 e. The Morgan fingerprint density at radius 1 is 1.25 bits per heavy atom. The molecule has 0 bridgehead atoms. The Kier molecular flexibility index (Phi) is 3.43. The first kappa shape index (κ1) is 14.7. The number of halogens is 1. The van der Waals surface area contributed by atoms with Gasteiger partial charge in [0.1, 0.15) is 0 Å². The van der Waals surface area contributed by atoms with Gasteiger partial charge in [0.25, 0.3) is 0 Å². The Morgan fingerprint density at radius 2 is 2.12 bits per heavy atom. The topological polar surface area (TPSA) is 67.5 Å². The number of aromatic nitrogens is 3. The summed E-state index contributed by atoms with van der Waals surface area (Å²) >= 11 is 6.43. The molecule has 24 heavy (non-hydrogen) atoms. The van der Waals surface area contributed by atoms with Gasteiger partial charge >= 0.3 is 5.97 Å². The van der Waals surface area contributed by atoms with Crippen LogP contribution in [0.15, 0.2) is 55.0 Å². The fourth-order valence-corrected chi connectivity index (χ4v) is 3.14. The molecule has 0 saturated carbocycles. The van der Waals surface area contributed by atoms with Gasteiger partial charge < -0.3 is 5.11 Å². The van der Waals surface area contributed by atoms with Crippen molar-refractivity contribution in [2.24, 2.45) is 0 Å².